The molecule has 0 unspecified atom stereocenters. The van der Waals surface area contributed by atoms with E-state index in [1.54, 1.807) is 6.07 Å². The van der Waals surface area contributed by atoms with Gasteiger partial charge in [-0.2, -0.15) is 0 Å². The Labute approximate surface area is 145 Å². The molecule has 0 fully saturated rings. The highest BCUT2D eigenvalue weighted by Gasteiger charge is 2.13. The molecule has 3 nitrogen and oxygen atoms in total. The van der Waals surface area contributed by atoms with Crippen LogP contribution in [0.5, 0.6) is 0 Å². The van der Waals surface area contributed by atoms with Gasteiger partial charge in [0.25, 0.3) is 0 Å². The van der Waals surface area contributed by atoms with Crippen molar-refractivity contribution in [2.24, 2.45) is 0 Å². The highest BCUT2D eigenvalue weighted by Crippen LogP contribution is 2.34. The van der Waals surface area contributed by atoms with E-state index in [9.17, 15) is 4.79 Å². The second-order valence-corrected chi connectivity index (χ2v) is 6.04. The van der Waals surface area contributed by atoms with Gasteiger partial charge in [-0.1, -0.05) is 60.7 Å². The van der Waals surface area contributed by atoms with Crippen molar-refractivity contribution in [1.82, 2.24) is 4.98 Å². The van der Waals surface area contributed by atoms with Crippen LogP contribution in [0.3, 0.4) is 0 Å². The summed E-state index contributed by atoms with van der Waals surface area (Å²) in [6, 6.07) is 22.3. The van der Waals surface area contributed by atoms with Crippen molar-refractivity contribution in [2.45, 2.75) is 6.92 Å². The number of methoxy groups -OCH3 is 1. The van der Waals surface area contributed by atoms with Gasteiger partial charge in [0.2, 0.25) is 0 Å². The van der Waals surface area contributed by atoms with Gasteiger partial charge in [0.05, 0.1) is 12.6 Å². The summed E-state index contributed by atoms with van der Waals surface area (Å²) >= 11 is 0. The summed E-state index contributed by atoms with van der Waals surface area (Å²) < 4.78 is 4.82. The van der Waals surface area contributed by atoms with Crippen LogP contribution in [0.4, 0.5) is 0 Å². The first kappa shape index (κ1) is 15.3. The molecule has 0 aliphatic rings. The van der Waals surface area contributed by atoms with Crippen LogP contribution in [-0.2, 0) is 4.74 Å². The van der Waals surface area contributed by atoms with E-state index in [-0.39, 0.29) is 0 Å². The van der Waals surface area contributed by atoms with E-state index in [2.05, 4.69) is 48.3 Å². The van der Waals surface area contributed by atoms with Crippen molar-refractivity contribution in [3.05, 3.63) is 78.0 Å². The lowest BCUT2D eigenvalue weighted by Gasteiger charge is -2.11. The third kappa shape index (κ3) is 2.54. The molecule has 0 atom stereocenters. The molecule has 0 amide bonds. The number of nitrogens with zero attached hydrogens (tertiary/aromatic N) is 1. The monoisotopic (exact) mass is 327 g/mol. The van der Waals surface area contributed by atoms with Crippen molar-refractivity contribution in [3.8, 4) is 11.1 Å². The zero-order chi connectivity index (χ0) is 17.4. The first-order valence-electron chi connectivity index (χ1n) is 8.16. The summed E-state index contributed by atoms with van der Waals surface area (Å²) in [4.78, 5) is 16.5. The van der Waals surface area contributed by atoms with Crippen LogP contribution in [0.1, 0.15) is 16.1 Å². The Morgan fingerprint density at radius 1 is 0.840 bits per heavy atom. The summed E-state index contributed by atoms with van der Waals surface area (Å²) in [7, 11) is 1.37. The molecule has 0 saturated heterocycles. The number of esters is 1. The maximum absolute atomic E-state index is 11.9. The number of aromatic nitrogens is 1. The van der Waals surface area contributed by atoms with Gasteiger partial charge < -0.3 is 4.74 Å². The third-order valence-corrected chi connectivity index (χ3v) is 4.55. The standard InChI is InChI=1S/C22H17NO2/c1-14-6-3-9-17-16(14)8-5-10-18(17)19-11-4-7-15-12-13-20(22(24)25-2)23-21(15)19/h3-13H,1-2H3. The number of fused-ring (bicyclic) bond motifs is 2. The molecule has 25 heavy (non-hydrogen) atoms. The minimum atomic E-state index is -0.425. The quantitative estimate of drug-likeness (QED) is 0.478. The average molecular weight is 327 g/mol. The van der Waals surface area contributed by atoms with Crippen LogP contribution < -0.4 is 0 Å². The number of pyridine rings is 1. The number of hydrogen-bond acceptors (Lipinski definition) is 3. The molecule has 1 aromatic heterocycles. The third-order valence-electron chi connectivity index (χ3n) is 4.55. The van der Waals surface area contributed by atoms with Gasteiger partial charge in [-0.05, 0) is 34.9 Å². The molecule has 0 aliphatic heterocycles. The van der Waals surface area contributed by atoms with Crippen LogP contribution in [0, 0.1) is 6.92 Å². The molecule has 4 rings (SSSR count). The van der Waals surface area contributed by atoms with E-state index < -0.39 is 5.97 Å². The van der Waals surface area contributed by atoms with Gasteiger partial charge in [0, 0.05) is 10.9 Å². The van der Waals surface area contributed by atoms with Gasteiger partial charge in [-0.15, -0.1) is 0 Å². The van der Waals surface area contributed by atoms with Crippen molar-refractivity contribution in [3.63, 3.8) is 0 Å². The Kier molecular flexibility index (Phi) is 3.69. The minimum absolute atomic E-state index is 0.318. The largest absolute Gasteiger partial charge is 0.464 e. The number of aryl methyl sites for hydroxylation is 1. The van der Waals surface area contributed by atoms with Crippen LogP contribution in [0.25, 0.3) is 32.8 Å². The highest BCUT2D eigenvalue weighted by atomic mass is 16.5. The summed E-state index contributed by atoms with van der Waals surface area (Å²) in [5, 5.41) is 3.40. The van der Waals surface area contributed by atoms with E-state index in [1.807, 2.05) is 24.3 Å². The highest BCUT2D eigenvalue weighted by molar-refractivity contribution is 6.05. The maximum Gasteiger partial charge on any atom is 0.356 e. The van der Waals surface area contributed by atoms with Crippen LogP contribution in [0.15, 0.2) is 66.7 Å². The predicted octanol–water partition coefficient (Wildman–Crippen LogP) is 5.15. The van der Waals surface area contributed by atoms with Gasteiger partial charge in [0.15, 0.2) is 0 Å². The fourth-order valence-corrected chi connectivity index (χ4v) is 3.28. The van der Waals surface area contributed by atoms with Crippen molar-refractivity contribution < 1.29 is 9.53 Å². The molecular weight excluding hydrogens is 310 g/mol. The normalized spacial score (nSPS) is 11.0. The molecular formula is C22H17NO2. The zero-order valence-corrected chi connectivity index (χ0v) is 14.1. The minimum Gasteiger partial charge on any atom is -0.464 e. The molecule has 0 spiro atoms. The topological polar surface area (TPSA) is 39.2 Å². The van der Waals surface area contributed by atoms with Crippen LogP contribution >= 0.6 is 0 Å². The van der Waals surface area contributed by atoms with Crippen molar-refractivity contribution >= 4 is 27.6 Å². The molecule has 0 aliphatic carbocycles. The molecule has 3 heteroatoms. The van der Waals surface area contributed by atoms with E-state index in [0.717, 1.165) is 22.0 Å². The number of rotatable bonds is 2. The summed E-state index contributed by atoms with van der Waals surface area (Å²) in [5.41, 5.74) is 4.49. The van der Waals surface area contributed by atoms with Crippen molar-refractivity contribution in [2.75, 3.05) is 7.11 Å². The lowest BCUT2D eigenvalue weighted by atomic mass is 9.94. The zero-order valence-electron chi connectivity index (χ0n) is 14.1. The predicted molar refractivity (Wildman–Crippen MR) is 101 cm³/mol. The second kappa shape index (κ2) is 6.02. The molecule has 4 aromatic rings. The number of carbonyl (C=O) groups excluding carboxylic acids is 1. The second-order valence-electron chi connectivity index (χ2n) is 6.04. The first-order valence-corrected chi connectivity index (χ1v) is 8.16. The smallest absolute Gasteiger partial charge is 0.356 e. The Bertz CT molecular complexity index is 1120. The Hall–Kier alpha value is -3.20. The number of carbonyl (C=O) groups is 1. The molecule has 0 bridgehead atoms. The van der Waals surface area contributed by atoms with E-state index >= 15 is 0 Å². The van der Waals surface area contributed by atoms with Gasteiger partial charge in [-0.3, -0.25) is 0 Å². The molecule has 1 heterocycles. The van der Waals surface area contributed by atoms with Crippen LogP contribution in [0.2, 0.25) is 0 Å². The Morgan fingerprint density at radius 3 is 2.40 bits per heavy atom. The van der Waals surface area contributed by atoms with Crippen LogP contribution in [-0.4, -0.2) is 18.1 Å². The number of hydrogen-bond donors (Lipinski definition) is 0. The SMILES string of the molecule is COC(=O)c1ccc2cccc(-c3cccc4c(C)cccc34)c2n1. The molecule has 0 radical (unpaired) electrons. The molecule has 3 aromatic carbocycles. The fraction of sp³-hybridized carbons (Fsp3) is 0.0909. The maximum atomic E-state index is 11.9. The van der Waals surface area contributed by atoms with E-state index in [0.29, 0.717) is 5.69 Å². The van der Waals surface area contributed by atoms with Gasteiger partial charge in [0.1, 0.15) is 5.69 Å². The summed E-state index contributed by atoms with van der Waals surface area (Å²) in [5.74, 6) is -0.425. The molecule has 122 valence electrons. The average Bonchev–Trinajstić information content (AvgIpc) is 2.66. The number of ether oxygens (including phenoxy) is 1. The van der Waals surface area contributed by atoms with Gasteiger partial charge >= 0.3 is 5.97 Å². The Balaban J connectivity index is 2.04. The number of para-hydroxylation sites is 1. The van der Waals surface area contributed by atoms with E-state index in [4.69, 9.17) is 4.74 Å². The van der Waals surface area contributed by atoms with E-state index in [1.165, 1.54) is 23.4 Å². The number of benzene rings is 3. The lowest BCUT2D eigenvalue weighted by Crippen LogP contribution is -2.04. The van der Waals surface area contributed by atoms with Gasteiger partial charge in [-0.25, -0.2) is 9.78 Å². The lowest BCUT2D eigenvalue weighted by molar-refractivity contribution is 0.0594. The Morgan fingerprint density at radius 2 is 1.56 bits per heavy atom. The summed E-state index contributed by atoms with van der Waals surface area (Å²) in [6.45, 7) is 2.11. The van der Waals surface area contributed by atoms with Crippen molar-refractivity contribution in [1.29, 1.82) is 0 Å². The molecule has 0 saturated carbocycles. The summed E-state index contributed by atoms with van der Waals surface area (Å²) in [6.07, 6.45) is 0. The fourth-order valence-electron chi connectivity index (χ4n) is 3.28. The molecule has 0 N–H and O–H groups in total. The first-order chi connectivity index (χ1) is 12.2.